The number of thioether (sulfide) groups is 1. The van der Waals surface area contributed by atoms with Crippen LogP contribution in [0.3, 0.4) is 0 Å². The van der Waals surface area contributed by atoms with E-state index < -0.39 is 0 Å². The van der Waals surface area contributed by atoms with Crippen molar-refractivity contribution in [2.45, 2.75) is 24.9 Å². The molecule has 0 saturated carbocycles. The van der Waals surface area contributed by atoms with Crippen molar-refractivity contribution in [3.8, 4) is 6.07 Å². The summed E-state index contributed by atoms with van der Waals surface area (Å²) in [7, 11) is 1.98. The van der Waals surface area contributed by atoms with Crippen LogP contribution in [-0.2, 0) is 13.1 Å². The lowest BCUT2D eigenvalue weighted by Gasteiger charge is -2.12. The summed E-state index contributed by atoms with van der Waals surface area (Å²) in [6, 6.07) is 18.2. The summed E-state index contributed by atoms with van der Waals surface area (Å²) in [4.78, 5) is 16.4. The van der Waals surface area contributed by atoms with Crippen molar-refractivity contribution in [1.29, 1.82) is 5.26 Å². The van der Waals surface area contributed by atoms with E-state index in [-0.39, 0.29) is 5.56 Å². The fourth-order valence-corrected chi connectivity index (χ4v) is 7.19. The van der Waals surface area contributed by atoms with Crippen molar-refractivity contribution in [2.24, 2.45) is 0 Å². The van der Waals surface area contributed by atoms with Crippen LogP contribution >= 0.6 is 34.4 Å². The van der Waals surface area contributed by atoms with Crippen LogP contribution in [0.15, 0.2) is 69.8 Å². The van der Waals surface area contributed by atoms with E-state index in [2.05, 4.69) is 57.5 Å². The molecule has 0 spiro atoms. The molecule has 4 aromatic rings. The molecule has 5 nitrogen and oxygen atoms in total. The van der Waals surface area contributed by atoms with Crippen LogP contribution in [0.1, 0.15) is 23.1 Å². The lowest BCUT2D eigenvalue weighted by molar-refractivity contribution is -0.685. The maximum absolute atomic E-state index is 13.4. The van der Waals surface area contributed by atoms with Gasteiger partial charge in [-0.1, -0.05) is 53.4 Å². The summed E-state index contributed by atoms with van der Waals surface area (Å²) >= 11 is 4.76. The summed E-state index contributed by atoms with van der Waals surface area (Å²) in [6.45, 7) is 3.40. The zero-order chi connectivity index (χ0) is 22.9. The summed E-state index contributed by atoms with van der Waals surface area (Å²) < 4.78 is 5.73. The first-order valence-corrected chi connectivity index (χ1v) is 13.0. The molecule has 2 aromatic heterocycles. The van der Waals surface area contributed by atoms with E-state index in [1.165, 1.54) is 16.9 Å². The molecule has 1 aliphatic rings. The Bertz CT molecular complexity index is 1560. The van der Waals surface area contributed by atoms with E-state index in [1.807, 2.05) is 42.8 Å². The van der Waals surface area contributed by atoms with Gasteiger partial charge in [0, 0.05) is 24.1 Å². The van der Waals surface area contributed by atoms with E-state index in [0.717, 1.165) is 36.4 Å². The van der Waals surface area contributed by atoms with Gasteiger partial charge in [0.15, 0.2) is 12.7 Å². The summed E-state index contributed by atoms with van der Waals surface area (Å²) in [5.41, 5.74) is 2.92. The molecular weight excluding hydrogens is 469 g/mol. The molecule has 0 unspecified atom stereocenters. The van der Waals surface area contributed by atoms with Crippen molar-refractivity contribution in [1.82, 2.24) is 4.57 Å². The Balaban J connectivity index is 1.61. The molecule has 0 fully saturated rings. The van der Waals surface area contributed by atoms with Crippen LogP contribution in [0, 0.1) is 11.3 Å². The third-order valence-corrected chi connectivity index (χ3v) is 8.86. The van der Waals surface area contributed by atoms with Gasteiger partial charge in [0.2, 0.25) is 0 Å². The predicted octanol–water partition coefficient (Wildman–Crippen LogP) is 3.34. The van der Waals surface area contributed by atoms with E-state index in [1.54, 1.807) is 23.1 Å². The lowest BCUT2D eigenvalue weighted by atomic mass is 10.2. The monoisotopic (exact) mass is 489 g/mol. The number of fused-ring (bicyclic) bond motifs is 1. The SMILES string of the molecule is CCn1c(=O)/c(=C2\Sc3cc(C#N)ccc3N2C)s/c1=C\c1scc[n+]1Cc1ccccc1. The van der Waals surface area contributed by atoms with E-state index in [4.69, 9.17) is 0 Å². The van der Waals surface area contributed by atoms with Gasteiger partial charge in [-0.15, -0.1) is 11.3 Å². The first-order chi connectivity index (χ1) is 16.1. The second-order valence-corrected chi connectivity index (χ2v) is 10.6. The number of anilines is 1. The van der Waals surface area contributed by atoms with E-state index >= 15 is 0 Å². The molecule has 0 bridgehead atoms. The van der Waals surface area contributed by atoms with Crippen molar-refractivity contribution in [2.75, 3.05) is 11.9 Å². The molecule has 33 heavy (non-hydrogen) atoms. The molecular formula is C25H21N4OS3+. The topological polar surface area (TPSA) is 52.9 Å². The van der Waals surface area contributed by atoms with E-state index in [0.29, 0.717) is 12.1 Å². The molecule has 5 rings (SSSR count). The van der Waals surface area contributed by atoms with Crippen molar-refractivity contribution < 1.29 is 4.57 Å². The molecule has 8 heteroatoms. The molecule has 0 atom stereocenters. The van der Waals surface area contributed by atoms with Crippen molar-refractivity contribution in [3.63, 3.8) is 0 Å². The van der Waals surface area contributed by atoms with Gasteiger partial charge in [-0.2, -0.15) is 9.83 Å². The van der Waals surface area contributed by atoms with Crippen LogP contribution in [0.2, 0.25) is 0 Å². The van der Waals surface area contributed by atoms with E-state index in [9.17, 15) is 10.1 Å². The van der Waals surface area contributed by atoms with Gasteiger partial charge < -0.3 is 4.90 Å². The highest BCUT2D eigenvalue weighted by atomic mass is 32.2. The molecule has 0 aliphatic carbocycles. The number of nitriles is 1. The molecule has 0 N–H and O–H groups in total. The Hall–Kier alpha value is -3.12. The molecule has 1 aliphatic heterocycles. The third kappa shape index (κ3) is 4.04. The maximum Gasteiger partial charge on any atom is 0.271 e. The number of hydrogen-bond donors (Lipinski definition) is 0. The minimum absolute atomic E-state index is 0.0302. The number of aromatic nitrogens is 2. The fraction of sp³-hybridized carbons (Fsp3) is 0.160. The smallest absolute Gasteiger partial charge is 0.271 e. The average Bonchev–Trinajstić information content (AvgIpc) is 3.50. The molecule has 3 heterocycles. The Labute approximate surface area is 203 Å². The first kappa shape index (κ1) is 21.7. The Kier molecular flexibility index (Phi) is 5.94. The number of nitrogens with zero attached hydrogens (tertiary/aromatic N) is 4. The first-order valence-electron chi connectivity index (χ1n) is 10.5. The largest absolute Gasteiger partial charge is 0.337 e. The van der Waals surface area contributed by atoms with Crippen LogP contribution in [0.25, 0.3) is 11.1 Å². The number of hydrogen-bond acceptors (Lipinski definition) is 6. The highest BCUT2D eigenvalue weighted by Gasteiger charge is 2.25. The van der Waals surface area contributed by atoms with Crippen molar-refractivity contribution in [3.05, 3.63) is 95.8 Å². The van der Waals surface area contributed by atoms with Gasteiger partial charge in [0.05, 0.1) is 28.8 Å². The van der Waals surface area contributed by atoms with Crippen molar-refractivity contribution >= 4 is 51.2 Å². The number of rotatable bonds is 4. The highest BCUT2D eigenvalue weighted by molar-refractivity contribution is 8.08. The lowest BCUT2D eigenvalue weighted by Crippen LogP contribution is -2.36. The van der Waals surface area contributed by atoms with Crippen LogP contribution in [0.4, 0.5) is 5.69 Å². The molecule has 2 aromatic carbocycles. The minimum atomic E-state index is 0.0302. The second kappa shape index (κ2) is 9.02. The standard InChI is InChI=1S/C25H21N4OS3/c1-3-29-22(14-21-28(11-12-31-21)16-17-7-5-4-6-8-17)33-23(24(29)30)25-27(2)19-10-9-18(15-26)13-20(19)32-25/h4-14H,3,16H2,1-2H3/q+1/b25-23+. The normalized spacial score (nSPS) is 15.1. The Morgan fingerprint density at radius 1 is 1.18 bits per heavy atom. The van der Waals surface area contributed by atoms with Crippen LogP contribution in [0.5, 0.6) is 0 Å². The predicted molar refractivity (Wildman–Crippen MR) is 136 cm³/mol. The maximum atomic E-state index is 13.4. The minimum Gasteiger partial charge on any atom is -0.337 e. The highest BCUT2D eigenvalue weighted by Crippen LogP contribution is 2.45. The van der Waals surface area contributed by atoms with Gasteiger partial charge in [-0.05, 0) is 25.1 Å². The Morgan fingerprint density at radius 3 is 2.76 bits per heavy atom. The second-order valence-electron chi connectivity index (χ2n) is 7.58. The number of thiazole rings is 2. The van der Waals surface area contributed by atoms with Gasteiger partial charge in [-0.25, -0.2) is 0 Å². The van der Waals surface area contributed by atoms with Gasteiger partial charge >= 0.3 is 0 Å². The number of benzene rings is 2. The average molecular weight is 490 g/mol. The van der Waals surface area contributed by atoms with Gasteiger partial charge in [0.1, 0.15) is 14.2 Å². The summed E-state index contributed by atoms with van der Waals surface area (Å²) in [5, 5.41) is 13.3. The molecule has 164 valence electrons. The summed E-state index contributed by atoms with van der Waals surface area (Å²) in [6.07, 6.45) is 4.21. The zero-order valence-electron chi connectivity index (χ0n) is 18.2. The third-order valence-electron chi connectivity index (χ3n) is 5.54. The fourth-order valence-electron chi connectivity index (χ4n) is 3.84. The Morgan fingerprint density at radius 2 is 2.00 bits per heavy atom. The van der Waals surface area contributed by atoms with Crippen LogP contribution in [-0.4, -0.2) is 11.6 Å². The molecule has 0 radical (unpaired) electrons. The van der Waals surface area contributed by atoms with Gasteiger partial charge in [-0.3, -0.25) is 9.36 Å². The zero-order valence-corrected chi connectivity index (χ0v) is 20.6. The molecule has 0 saturated heterocycles. The van der Waals surface area contributed by atoms with Gasteiger partial charge in [0.25, 0.3) is 10.6 Å². The summed E-state index contributed by atoms with van der Waals surface area (Å²) in [5.74, 6) is 0. The quantitative estimate of drug-likeness (QED) is 0.413. The molecule has 0 amide bonds. The van der Waals surface area contributed by atoms with Crippen LogP contribution < -0.4 is 24.2 Å².